The second-order valence-corrected chi connectivity index (χ2v) is 10.5. The van der Waals surface area contributed by atoms with Crippen LogP contribution in [0, 0.1) is 5.92 Å². The first-order valence-electron chi connectivity index (χ1n) is 11.7. The number of piperidine rings is 1. The molecule has 4 aliphatic rings. The molecule has 3 heterocycles. The SMILES string of the molecule is CC(C)[C@@H](O)c1nc(-c2cnc(N)c(OC(F)(F)F)c2)cn1C12CC(N3CCC(F)(F)CC3)(C1)C2. The lowest BCUT2D eigenvalue weighted by Gasteiger charge is -2.75. The predicted octanol–water partition coefficient (Wildman–Crippen LogP) is 4.48. The van der Waals surface area contributed by atoms with E-state index in [0.29, 0.717) is 24.6 Å². The number of rotatable bonds is 6. The summed E-state index contributed by atoms with van der Waals surface area (Å²) in [5.74, 6) is -3.36. The number of nitrogens with zero attached hydrogens (tertiary/aromatic N) is 4. The van der Waals surface area contributed by atoms with Crippen molar-refractivity contribution in [2.75, 3.05) is 18.8 Å². The average molecular weight is 502 g/mol. The molecule has 0 amide bonds. The van der Waals surface area contributed by atoms with E-state index >= 15 is 0 Å². The smallest absolute Gasteiger partial charge is 0.402 e. The molecule has 0 spiro atoms. The van der Waals surface area contributed by atoms with Crippen molar-refractivity contribution in [1.29, 1.82) is 0 Å². The van der Waals surface area contributed by atoms with Crippen LogP contribution >= 0.6 is 0 Å². The van der Waals surface area contributed by atoms with E-state index in [-0.39, 0.29) is 35.4 Å². The zero-order valence-corrected chi connectivity index (χ0v) is 19.4. The first-order valence-corrected chi connectivity index (χ1v) is 11.7. The molecule has 1 atom stereocenters. The highest BCUT2D eigenvalue weighted by molar-refractivity contribution is 5.64. The van der Waals surface area contributed by atoms with E-state index in [2.05, 4.69) is 19.6 Å². The number of anilines is 1. The van der Waals surface area contributed by atoms with Crippen LogP contribution in [0.2, 0.25) is 0 Å². The Bertz CT molecular complexity index is 1100. The van der Waals surface area contributed by atoms with Crippen molar-refractivity contribution in [3.05, 3.63) is 24.3 Å². The van der Waals surface area contributed by atoms with Crippen LogP contribution in [0.25, 0.3) is 11.3 Å². The first-order chi connectivity index (χ1) is 16.2. The van der Waals surface area contributed by atoms with E-state index in [9.17, 15) is 27.1 Å². The molecule has 2 aromatic rings. The quantitative estimate of drug-likeness (QED) is 0.568. The summed E-state index contributed by atoms with van der Waals surface area (Å²) < 4.78 is 71.4. The van der Waals surface area contributed by atoms with Crippen LogP contribution in [-0.2, 0) is 5.54 Å². The van der Waals surface area contributed by atoms with Crippen LogP contribution in [0.3, 0.4) is 0 Å². The molecule has 0 aromatic carbocycles. The van der Waals surface area contributed by atoms with Gasteiger partial charge in [0.25, 0.3) is 5.92 Å². The lowest BCUT2D eigenvalue weighted by molar-refractivity contribution is -0.274. The Morgan fingerprint density at radius 1 is 1.11 bits per heavy atom. The normalized spacial score (nSPS) is 28.9. The van der Waals surface area contributed by atoms with Gasteiger partial charge in [-0.3, -0.25) is 4.90 Å². The van der Waals surface area contributed by atoms with Crippen LogP contribution in [0.1, 0.15) is 57.9 Å². The summed E-state index contributed by atoms with van der Waals surface area (Å²) in [6.07, 6.45) is -0.805. The Labute approximate surface area is 199 Å². The molecule has 12 heteroatoms. The molecular formula is C23H28F5N5O2. The summed E-state index contributed by atoms with van der Waals surface area (Å²) in [4.78, 5) is 10.6. The van der Waals surface area contributed by atoms with Crippen molar-refractivity contribution in [1.82, 2.24) is 19.4 Å². The monoisotopic (exact) mass is 501 g/mol. The van der Waals surface area contributed by atoms with Crippen molar-refractivity contribution in [2.45, 2.75) is 75.4 Å². The lowest BCUT2D eigenvalue weighted by Crippen LogP contribution is -2.79. The summed E-state index contributed by atoms with van der Waals surface area (Å²) in [6.45, 7) is 4.42. The molecule has 2 aromatic heterocycles. The number of halogens is 5. The number of hydrogen-bond acceptors (Lipinski definition) is 6. The van der Waals surface area contributed by atoms with Crippen molar-refractivity contribution in [3.63, 3.8) is 0 Å². The number of nitrogen functional groups attached to an aromatic ring is 1. The maximum atomic E-state index is 13.6. The predicted molar refractivity (Wildman–Crippen MR) is 117 cm³/mol. The number of aromatic nitrogens is 3. The van der Waals surface area contributed by atoms with Gasteiger partial charge in [0.2, 0.25) is 0 Å². The third-order valence-electron chi connectivity index (χ3n) is 7.68. The van der Waals surface area contributed by atoms with Crippen molar-refractivity contribution >= 4 is 5.82 Å². The number of hydrogen-bond donors (Lipinski definition) is 2. The Hall–Kier alpha value is -2.47. The Balaban J connectivity index is 1.43. The van der Waals surface area contributed by atoms with E-state index in [1.165, 1.54) is 6.20 Å². The summed E-state index contributed by atoms with van der Waals surface area (Å²) in [7, 11) is 0. The summed E-state index contributed by atoms with van der Waals surface area (Å²) in [5.41, 5.74) is 5.75. The highest BCUT2D eigenvalue weighted by Crippen LogP contribution is 2.69. The van der Waals surface area contributed by atoms with Crippen molar-refractivity contribution in [3.8, 4) is 17.0 Å². The molecule has 3 saturated carbocycles. The van der Waals surface area contributed by atoms with Crippen LogP contribution in [0.4, 0.5) is 27.8 Å². The number of nitrogens with two attached hydrogens (primary N) is 1. The molecular weight excluding hydrogens is 473 g/mol. The fourth-order valence-electron chi connectivity index (χ4n) is 5.80. The lowest BCUT2D eigenvalue weighted by atomic mass is 9.43. The number of aliphatic hydroxyl groups is 1. The fourth-order valence-corrected chi connectivity index (χ4v) is 5.80. The second kappa shape index (κ2) is 7.76. The molecule has 1 saturated heterocycles. The van der Waals surface area contributed by atoms with Gasteiger partial charge in [-0.2, -0.15) is 0 Å². The average Bonchev–Trinajstić information content (AvgIpc) is 3.12. The molecule has 2 bridgehead atoms. The topological polar surface area (TPSA) is 89.4 Å². The fraction of sp³-hybridized carbons (Fsp3) is 0.652. The van der Waals surface area contributed by atoms with Crippen LogP contribution in [0.15, 0.2) is 18.5 Å². The van der Waals surface area contributed by atoms with Gasteiger partial charge in [-0.1, -0.05) is 13.8 Å². The van der Waals surface area contributed by atoms with Gasteiger partial charge in [-0.15, -0.1) is 13.2 Å². The molecule has 0 unspecified atom stereocenters. The largest absolute Gasteiger partial charge is 0.573 e. The summed E-state index contributed by atoms with van der Waals surface area (Å²) in [6, 6.07) is 1.13. The Morgan fingerprint density at radius 3 is 2.31 bits per heavy atom. The molecule has 0 radical (unpaired) electrons. The van der Waals surface area contributed by atoms with Gasteiger partial charge in [-0.25, -0.2) is 18.7 Å². The number of ether oxygens (including phenoxy) is 1. The van der Waals surface area contributed by atoms with E-state index in [1.807, 2.05) is 18.4 Å². The number of likely N-dealkylation sites (tertiary alicyclic amines) is 1. The highest BCUT2D eigenvalue weighted by Gasteiger charge is 2.72. The van der Waals surface area contributed by atoms with Gasteiger partial charge in [0.05, 0.1) is 11.2 Å². The van der Waals surface area contributed by atoms with Gasteiger partial charge in [0.15, 0.2) is 11.6 Å². The van der Waals surface area contributed by atoms with E-state index in [4.69, 9.17) is 5.73 Å². The van der Waals surface area contributed by atoms with Gasteiger partial charge < -0.3 is 20.1 Å². The number of pyridine rings is 1. The van der Waals surface area contributed by atoms with Gasteiger partial charge >= 0.3 is 6.36 Å². The van der Waals surface area contributed by atoms with Crippen molar-refractivity contribution in [2.24, 2.45) is 5.92 Å². The van der Waals surface area contributed by atoms with E-state index < -0.39 is 30.0 Å². The molecule has 4 fully saturated rings. The van der Waals surface area contributed by atoms with Gasteiger partial charge in [0.1, 0.15) is 11.9 Å². The van der Waals surface area contributed by atoms with E-state index in [0.717, 1.165) is 25.3 Å². The molecule has 35 heavy (non-hydrogen) atoms. The Kier molecular flexibility index (Phi) is 5.37. The molecule has 6 rings (SSSR count). The molecule has 3 N–H and O–H groups in total. The molecule has 1 aliphatic heterocycles. The first kappa shape index (κ1) is 24.2. The summed E-state index contributed by atoms with van der Waals surface area (Å²) in [5, 5.41) is 10.9. The van der Waals surface area contributed by atoms with Crippen LogP contribution in [-0.4, -0.2) is 55.5 Å². The van der Waals surface area contributed by atoms with Gasteiger partial charge in [-0.05, 0) is 31.2 Å². The minimum atomic E-state index is -4.93. The number of imidazole rings is 1. The number of aliphatic hydroxyl groups excluding tert-OH is 1. The maximum Gasteiger partial charge on any atom is 0.573 e. The molecule has 3 aliphatic carbocycles. The van der Waals surface area contributed by atoms with Gasteiger partial charge in [0, 0.05) is 49.4 Å². The third-order valence-corrected chi connectivity index (χ3v) is 7.68. The standard InChI is InChI=1S/C23H28F5N5O2/c1-13(2)17(34)19-31-15(14-7-16(18(29)30-8-14)35-23(26,27)28)9-33(19)21-10-20(11-21,12-21)32-5-3-22(24,25)4-6-32/h7-9,13,17,34H,3-6,10-12H2,1-2H3,(H2,29,30)/t17-,20?,21?/m1/s1. The molecule has 7 nitrogen and oxygen atoms in total. The van der Waals surface area contributed by atoms with Crippen LogP contribution < -0.4 is 10.5 Å². The number of alkyl halides is 5. The maximum absolute atomic E-state index is 13.6. The minimum absolute atomic E-state index is 0.114. The zero-order valence-electron chi connectivity index (χ0n) is 19.4. The van der Waals surface area contributed by atoms with Crippen LogP contribution in [0.5, 0.6) is 5.75 Å². The Morgan fingerprint density at radius 2 is 1.74 bits per heavy atom. The third kappa shape index (κ3) is 4.14. The highest BCUT2D eigenvalue weighted by atomic mass is 19.4. The zero-order chi connectivity index (χ0) is 25.4. The minimum Gasteiger partial charge on any atom is -0.402 e. The van der Waals surface area contributed by atoms with Crippen molar-refractivity contribution < 1.29 is 31.8 Å². The second-order valence-electron chi connectivity index (χ2n) is 10.5. The van der Waals surface area contributed by atoms with E-state index in [1.54, 1.807) is 6.20 Å². The summed E-state index contributed by atoms with van der Waals surface area (Å²) >= 11 is 0. The molecule has 192 valence electrons.